The van der Waals surface area contributed by atoms with Gasteiger partial charge >= 0.3 is 0 Å². The second-order valence-electron chi connectivity index (χ2n) is 5.25. The number of nitrogens with one attached hydrogen (secondary N) is 3. The first-order valence-electron chi connectivity index (χ1n) is 7.00. The monoisotopic (exact) mass is 280 g/mol. The van der Waals surface area contributed by atoms with Gasteiger partial charge in [-0.05, 0) is 43.6 Å². The first-order valence-corrected chi connectivity index (χ1v) is 8.15. The predicted molar refractivity (Wildman–Crippen MR) is 77.4 cm³/mol. The Bertz CT molecular complexity index is 440. The van der Waals surface area contributed by atoms with Crippen molar-refractivity contribution in [1.29, 1.82) is 0 Å². The summed E-state index contributed by atoms with van der Waals surface area (Å²) in [6.07, 6.45) is 7.01. The van der Waals surface area contributed by atoms with E-state index in [1.807, 2.05) is 18.0 Å². The minimum Gasteiger partial charge on any atom is -0.359 e. The SMILES string of the molecule is O=C(NC1CCCSCC1)C1CCc2cn[nH]c2N1. The number of fused-ring (bicyclic) bond motifs is 1. The highest BCUT2D eigenvalue weighted by Gasteiger charge is 2.26. The van der Waals surface area contributed by atoms with Crippen LogP contribution in [0, 0.1) is 0 Å². The molecule has 1 amide bonds. The fourth-order valence-electron chi connectivity index (χ4n) is 2.72. The summed E-state index contributed by atoms with van der Waals surface area (Å²) in [7, 11) is 0. The lowest BCUT2D eigenvalue weighted by Crippen LogP contribution is -2.46. The van der Waals surface area contributed by atoms with Gasteiger partial charge in [0, 0.05) is 11.6 Å². The summed E-state index contributed by atoms with van der Waals surface area (Å²) in [6.45, 7) is 0. The molecular formula is C13H20N4OS. The van der Waals surface area contributed by atoms with Crippen LogP contribution in [0.3, 0.4) is 0 Å². The molecule has 0 spiro atoms. The van der Waals surface area contributed by atoms with Crippen LogP contribution >= 0.6 is 11.8 Å². The third kappa shape index (κ3) is 3.05. The smallest absolute Gasteiger partial charge is 0.242 e. The van der Waals surface area contributed by atoms with Gasteiger partial charge < -0.3 is 10.6 Å². The molecule has 1 saturated heterocycles. The van der Waals surface area contributed by atoms with E-state index in [1.54, 1.807) is 0 Å². The largest absolute Gasteiger partial charge is 0.359 e. The molecule has 19 heavy (non-hydrogen) atoms. The summed E-state index contributed by atoms with van der Waals surface area (Å²) in [5.74, 6) is 3.43. The third-order valence-electron chi connectivity index (χ3n) is 3.85. The summed E-state index contributed by atoms with van der Waals surface area (Å²) in [5.41, 5.74) is 1.18. The second kappa shape index (κ2) is 5.86. The second-order valence-corrected chi connectivity index (χ2v) is 6.48. The minimum absolute atomic E-state index is 0.121. The lowest BCUT2D eigenvalue weighted by atomic mass is 10.0. The average Bonchev–Trinajstić information content (AvgIpc) is 2.75. The van der Waals surface area contributed by atoms with E-state index >= 15 is 0 Å². The van der Waals surface area contributed by atoms with E-state index in [2.05, 4.69) is 20.8 Å². The van der Waals surface area contributed by atoms with Crippen molar-refractivity contribution in [2.45, 2.75) is 44.2 Å². The molecule has 0 aromatic carbocycles. The summed E-state index contributed by atoms with van der Waals surface area (Å²) >= 11 is 1.99. The molecule has 2 atom stereocenters. The molecule has 2 aliphatic rings. The molecule has 0 bridgehead atoms. The standard InChI is InChI=1S/C13H20N4OS/c18-13(15-10-2-1-6-19-7-5-10)11-4-3-9-8-14-17-12(9)16-11/h8,10-11H,1-7H2,(H,15,18)(H2,14,16,17). The summed E-state index contributed by atoms with van der Waals surface area (Å²) in [4.78, 5) is 12.3. The normalized spacial score (nSPS) is 26.9. The molecule has 1 aromatic rings. The van der Waals surface area contributed by atoms with Crippen molar-refractivity contribution in [2.24, 2.45) is 0 Å². The molecule has 3 rings (SSSR count). The highest BCUT2D eigenvalue weighted by atomic mass is 32.2. The molecule has 104 valence electrons. The number of H-pyrrole nitrogens is 1. The molecular weight excluding hydrogens is 260 g/mol. The van der Waals surface area contributed by atoms with Crippen LogP contribution in [0.1, 0.15) is 31.2 Å². The van der Waals surface area contributed by atoms with Crippen LogP contribution in [0.2, 0.25) is 0 Å². The van der Waals surface area contributed by atoms with E-state index < -0.39 is 0 Å². The highest BCUT2D eigenvalue weighted by Crippen LogP contribution is 2.22. The van der Waals surface area contributed by atoms with Crippen molar-refractivity contribution in [2.75, 3.05) is 16.8 Å². The molecule has 3 N–H and O–H groups in total. The third-order valence-corrected chi connectivity index (χ3v) is 4.96. The Kier molecular flexibility index (Phi) is 3.96. The fourth-order valence-corrected chi connectivity index (χ4v) is 3.74. The molecule has 1 fully saturated rings. The number of aryl methyl sites for hydroxylation is 1. The molecule has 0 radical (unpaired) electrons. The van der Waals surface area contributed by atoms with Gasteiger partial charge in [-0.25, -0.2) is 0 Å². The Labute approximate surface area is 117 Å². The zero-order valence-electron chi connectivity index (χ0n) is 10.9. The highest BCUT2D eigenvalue weighted by molar-refractivity contribution is 7.99. The van der Waals surface area contributed by atoms with Crippen molar-refractivity contribution in [1.82, 2.24) is 15.5 Å². The van der Waals surface area contributed by atoms with E-state index in [9.17, 15) is 4.79 Å². The number of anilines is 1. The maximum atomic E-state index is 12.3. The summed E-state index contributed by atoms with van der Waals surface area (Å²) < 4.78 is 0. The first-order chi connectivity index (χ1) is 9.33. The predicted octanol–water partition coefficient (Wildman–Crippen LogP) is 1.54. The van der Waals surface area contributed by atoms with E-state index in [0.717, 1.165) is 37.3 Å². The van der Waals surface area contributed by atoms with Crippen LogP contribution in [-0.2, 0) is 11.2 Å². The molecule has 2 aliphatic heterocycles. The van der Waals surface area contributed by atoms with Crippen LogP contribution in [-0.4, -0.2) is 39.7 Å². The van der Waals surface area contributed by atoms with Gasteiger partial charge in [0.15, 0.2) is 0 Å². The Morgan fingerprint density at radius 3 is 3.26 bits per heavy atom. The van der Waals surface area contributed by atoms with Crippen molar-refractivity contribution in [3.05, 3.63) is 11.8 Å². The van der Waals surface area contributed by atoms with Gasteiger partial charge in [-0.15, -0.1) is 0 Å². The molecule has 1 aromatic heterocycles. The Hall–Kier alpha value is -1.17. The molecule has 0 aliphatic carbocycles. The summed E-state index contributed by atoms with van der Waals surface area (Å²) in [6, 6.07) is 0.233. The van der Waals surface area contributed by atoms with Crippen LogP contribution in [0.25, 0.3) is 0 Å². The van der Waals surface area contributed by atoms with Gasteiger partial charge in [0.05, 0.1) is 6.20 Å². The summed E-state index contributed by atoms with van der Waals surface area (Å²) in [5, 5.41) is 13.4. The Morgan fingerprint density at radius 1 is 1.37 bits per heavy atom. The molecule has 3 heterocycles. The number of hydrogen-bond acceptors (Lipinski definition) is 4. The van der Waals surface area contributed by atoms with Gasteiger partial charge in [-0.3, -0.25) is 9.89 Å². The Morgan fingerprint density at radius 2 is 2.32 bits per heavy atom. The van der Waals surface area contributed by atoms with Crippen molar-refractivity contribution in [3.8, 4) is 0 Å². The molecule has 2 unspecified atom stereocenters. The lowest BCUT2D eigenvalue weighted by Gasteiger charge is -2.25. The maximum absolute atomic E-state index is 12.3. The number of rotatable bonds is 2. The molecule has 5 nitrogen and oxygen atoms in total. The van der Waals surface area contributed by atoms with E-state index in [1.165, 1.54) is 17.7 Å². The zero-order valence-corrected chi connectivity index (χ0v) is 11.8. The Balaban J connectivity index is 1.56. The number of hydrogen-bond donors (Lipinski definition) is 3. The number of nitrogens with zero attached hydrogens (tertiary/aromatic N) is 1. The average molecular weight is 280 g/mol. The van der Waals surface area contributed by atoms with Gasteiger partial charge in [0.1, 0.15) is 11.9 Å². The number of amides is 1. The van der Waals surface area contributed by atoms with Gasteiger partial charge in [0.25, 0.3) is 0 Å². The quantitative estimate of drug-likeness (QED) is 0.768. The van der Waals surface area contributed by atoms with Gasteiger partial charge in [-0.1, -0.05) is 0 Å². The minimum atomic E-state index is -0.121. The fraction of sp³-hybridized carbons (Fsp3) is 0.692. The van der Waals surface area contributed by atoms with E-state index in [0.29, 0.717) is 6.04 Å². The van der Waals surface area contributed by atoms with Gasteiger partial charge in [-0.2, -0.15) is 16.9 Å². The number of carbonyl (C=O) groups is 1. The van der Waals surface area contributed by atoms with Crippen molar-refractivity contribution >= 4 is 23.5 Å². The zero-order chi connectivity index (χ0) is 13.1. The van der Waals surface area contributed by atoms with Crippen LogP contribution in [0.5, 0.6) is 0 Å². The molecule has 6 heteroatoms. The van der Waals surface area contributed by atoms with E-state index in [-0.39, 0.29) is 11.9 Å². The molecule has 0 saturated carbocycles. The number of aromatic nitrogens is 2. The first kappa shape index (κ1) is 12.8. The van der Waals surface area contributed by atoms with Crippen LogP contribution in [0.4, 0.5) is 5.82 Å². The van der Waals surface area contributed by atoms with Crippen LogP contribution in [0.15, 0.2) is 6.20 Å². The van der Waals surface area contributed by atoms with E-state index in [4.69, 9.17) is 0 Å². The maximum Gasteiger partial charge on any atom is 0.242 e. The number of aromatic amines is 1. The number of thioether (sulfide) groups is 1. The number of carbonyl (C=O) groups excluding carboxylic acids is 1. The lowest BCUT2D eigenvalue weighted by molar-refractivity contribution is -0.122. The van der Waals surface area contributed by atoms with Gasteiger partial charge in [0.2, 0.25) is 5.91 Å². The van der Waals surface area contributed by atoms with Crippen molar-refractivity contribution < 1.29 is 4.79 Å². The van der Waals surface area contributed by atoms with Crippen molar-refractivity contribution in [3.63, 3.8) is 0 Å². The van der Waals surface area contributed by atoms with Crippen LogP contribution < -0.4 is 10.6 Å². The topological polar surface area (TPSA) is 69.8 Å².